The van der Waals surface area contributed by atoms with Gasteiger partial charge in [-0.05, 0) is 42.3 Å². The number of fused-ring (bicyclic) bond motifs is 1. The van der Waals surface area contributed by atoms with E-state index < -0.39 is 20.5 Å². The fourth-order valence-corrected chi connectivity index (χ4v) is 5.22. The van der Waals surface area contributed by atoms with Crippen LogP contribution in [0, 0.1) is 5.82 Å². The maximum atomic E-state index is 15.0. The van der Waals surface area contributed by atoms with E-state index in [4.69, 9.17) is 4.74 Å². The standard InChI is InChI=1S/C27H25FN4O4S/c1-3-20-21(6-9-24(25(20)28)37(2,34)35)27(33)32-12-13-36-23-8-5-17(14-19(23)16-32)18-4-7-22(31-15-18)26-29-10-11-30-26/h4-11,14-15H,3,12-13,16H2,1-2H3,(H,29,30). The number of nitrogens with zero attached hydrogens (tertiary/aromatic N) is 3. The number of amides is 1. The summed E-state index contributed by atoms with van der Waals surface area (Å²) in [5.74, 6) is 0.120. The highest BCUT2D eigenvalue weighted by Gasteiger charge is 2.27. The van der Waals surface area contributed by atoms with Gasteiger partial charge in [0.25, 0.3) is 5.91 Å². The Balaban J connectivity index is 1.44. The number of carbonyl (C=O) groups excluding carboxylic acids is 1. The van der Waals surface area contributed by atoms with Crippen LogP contribution >= 0.6 is 0 Å². The highest BCUT2D eigenvalue weighted by molar-refractivity contribution is 7.90. The Morgan fingerprint density at radius 2 is 1.95 bits per heavy atom. The van der Waals surface area contributed by atoms with Crippen LogP contribution in [0.25, 0.3) is 22.6 Å². The second-order valence-corrected chi connectivity index (χ2v) is 10.8. The smallest absolute Gasteiger partial charge is 0.254 e. The number of benzene rings is 2. The van der Waals surface area contributed by atoms with Crippen molar-refractivity contribution in [2.75, 3.05) is 19.4 Å². The Bertz CT molecular complexity index is 1570. The summed E-state index contributed by atoms with van der Waals surface area (Å²) in [4.78, 5) is 26.4. The molecule has 0 fully saturated rings. The van der Waals surface area contributed by atoms with Gasteiger partial charge in [-0.2, -0.15) is 0 Å². The maximum Gasteiger partial charge on any atom is 0.254 e. The number of sulfone groups is 1. The lowest BCUT2D eigenvalue weighted by atomic mass is 10.0. The summed E-state index contributed by atoms with van der Waals surface area (Å²) in [6.45, 7) is 2.54. The van der Waals surface area contributed by atoms with Gasteiger partial charge in [-0.25, -0.2) is 17.8 Å². The lowest BCUT2D eigenvalue weighted by molar-refractivity contribution is 0.0731. The first-order valence-corrected chi connectivity index (χ1v) is 13.7. The van der Waals surface area contributed by atoms with Crippen LogP contribution in [0.3, 0.4) is 0 Å². The van der Waals surface area contributed by atoms with Crippen molar-refractivity contribution < 1.29 is 22.3 Å². The molecule has 1 N–H and O–H groups in total. The number of aromatic nitrogens is 3. The topological polar surface area (TPSA) is 105 Å². The third-order valence-corrected chi connectivity index (χ3v) is 7.47. The van der Waals surface area contributed by atoms with Gasteiger partial charge < -0.3 is 14.6 Å². The number of H-pyrrole nitrogens is 1. The van der Waals surface area contributed by atoms with E-state index in [2.05, 4.69) is 15.0 Å². The van der Waals surface area contributed by atoms with Gasteiger partial charge in [-0.15, -0.1) is 0 Å². The number of aromatic amines is 1. The van der Waals surface area contributed by atoms with Crippen LogP contribution in [0.2, 0.25) is 0 Å². The molecule has 2 aromatic heterocycles. The molecule has 1 aliphatic heterocycles. The molecule has 37 heavy (non-hydrogen) atoms. The zero-order valence-corrected chi connectivity index (χ0v) is 21.2. The average molecular weight is 521 g/mol. The number of hydrogen-bond acceptors (Lipinski definition) is 6. The molecule has 0 saturated carbocycles. The van der Waals surface area contributed by atoms with Crippen LogP contribution in [0.1, 0.15) is 28.4 Å². The van der Waals surface area contributed by atoms with E-state index in [0.717, 1.165) is 34.7 Å². The van der Waals surface area contributed by atoms with E-state index in [0.29, 0.717) is 18.1 Å². The molecule has 1 aliphatic rings. The minimum absolute atomic E-state index is 0.0924. The summed E-state index contributed by atoms with van der Waals surface area (Å²) in [6, 6.07) is 12.2. The van der Waals surface area contributed by atoms with Gasteiger partial charge in [0, 0.05) is 53.6 Å². The van der Waals surface area contributed by atoms with Crippen LogP contribution in [0.5, 0.6) is 5.75 Å². The number of hydrogen-bond donors (Lipinski definition) is 1. The van der Waals surface area contributed by atoms with Crippen LogP contribution in [-0.2, 0) is 22.8 Å². The molecule has 0 atom stereocenters. The molecular weight excluding hydrogens is 495 g/mol. The predicted molar refractivity (Wildman–Crippen MR) is 136 cm³/mol. The molecule has 3 heterocycles. The summed E-state index contributed by atoms with van der Waals surface area (Å²) in [5, 5.41) is 0. The highest BCUT2D eigenvalue weighted by Crippen LogP contribution is 2.31. The number of carbonyl (C=O) groups is 1. The first-order valence-electron chi connectivity index (χ1n) is 11.8. The molecule has 10 heteroatoms. The molecule has 0 unspecified atom stereocenters. The van der Waals surface area contributed by atoms with Gasteiger partial charge in [0.1, 0.15) is 28.8 Å². The second kappa shape index (κ2) is 9.78. The monoisotopic (exact) mass is 520 g/mol. The molecule has 0 spiro atoms. The van der Waals surface area contributed by atoms with E-state index >= 15 is 4.39 Å². The molecule has 2 aromatic carbocycles. The molecule has 0 bridgehead atoms. The average Bonchev–Trinajstić information content (AvgIpc) is 3.34. The normalized spacial score (nSPS) is 13.5. The third kappa shape index (κ3) is 4.84. The summed E-state index contributed by atoms with van der Waals surface area (Å²) >= 11 is 0. The van der Waals surface area contributed by atoms with Crippen molar-refractivity contribution in [1.29, 1.82) is 0 Å². The zero-order chi connectivity index (χ0) is 26.2. The SMILES string of the molecule is CCc1c(C(=O)N2CCOc3ccc(-c4ccc(-c5ncc[nH]5)nc4)cc3C2)ccc(S(C)(=O)=O)c1F. The molecule has 0 saturated heterocycles. The van der Waals surface area contributed by atoms with Crippen LogP contribution in [-0.4, -0.2) is 53.6 Å². The fourth-order valence-electron chi connectivity index (χ4n) is 4.46. The maximum absolute atomic E-state index is 15.0. The Morgan fingerprint density at radius 1 is 1.14 bits per heavy atom. The van der Waals surface area contributed by atoms with Crippen LogP contribution < -0.4 is 4.74 Å². The lowest BCUT2D eigenvalue weighted by Gasteiger charge is -2.22. The van der Waals surface area contributed by atoms with Crippen LogP contribution in [0.4, 0.5) is 4.39 Å². The number of nitrogens with one attached hydrogen (secondary N) is 1. The first-order chi connectivity index (χ1) is 17.8. The molecule has 190 valence electrons. The number of halogens is 1. The summed E-state index contributed by atoms with van der Waals surface area (Å²) in [5.41, 5.74) is 3.59. The van der Waals surface area contributed by atoms with Gasteiger partial charge in [0.15, 0.2) is 15.7 Å². The quantitative estimate of drug-likeness (QED) is 0.421. The third-order valence-electron chi connectivity index (χ3n) is 6.36. The molecular formula is C27H25FN4O4S. The Hall–Kier alpha value is -4.05. The van der Waals surface area contributed by atoms with Crippen LogP contribution in [0.15, 0.2) is 66.0 Å². The largest absolute Gasteiger partial charge is 0.491 e. The Morgan fingerprint density at radius 3 is 2.62 bits per heavy atom. The molecule has 0 aliphatic carbocycles. The molecule has 0 radical (unpaired) electrons. The van der Waals surface area contributed by atoms with Crippen molar-refractivity contribution in [3.8, 4) is 28.4 Å². The Labute approximate surface area is 214 Å². The van der Waals surface area contributed by atoms with Gasteiger partial charge >= 0.3 is 0 Å². The van der Waals surface area contributed by atoms with E-state index in [9.17, 15) is 13.2 Å². The van der Waals surface area contributed by atoms with Crippen molar-refractivity contribution in [2.24, 2.45) is 0 Å². The molecule has 8 nitrogen and oxygen atoms in total. The number of rotatable bonds is 5. The van der Waals surface area contributed by atoms with Crippen molar-refractivity contribution in [2.45, 2.75) is 24.8 Å². The van der Waals surface area contributed by atoms with E-state index in [1.54, 1.807) is 30.4 Å². The van der Waals surface area contributed by atoms with Crippen molar-refractivity contribution in [1.82, 2.24) is 19.9 Å². The lowest BCUT2D eigenvalue weighted by Crippen LogP contribution is -2.33. The minimum Gasteiger partial charge on any atom is -0.491 e. The summed E-state index contributed by atoms with van der Waals surface area (Å²) in [7, 11) is -3.76. The van der Waals surface area contributed by atoms with E-state index in [1.165, 1.54) is 6.07 Å². The number of ether oxygens (including phenoxy) is 1. The number of imidazole rings is 1. The fraction of sp³-hybridized carbons (Fsp3) is 0.222. The minimum atomic E-state index is -3.76. The van der Waals surface area contributed by atoms with E-state index in [1.807, 2.05) is 30.3 Å². The highest BCUT2D eigenvalue weighted by atomic mass is 32.2. The molecule has 1 amide bonds. The zero-order valence-electron chi connectivity index (χ0n) is 20.4. The number of pyridine rings is 1. The summed E-state index contributed by atoms with van der Waals surface area (Å²) < 4.78 is 44.8. The predicted octanol–water partition coefficient (Wildman–Crippen LogP) is 4.28. The molecule has 5 rings (SSSR count). The second-order valence-electron chi connectivity index (χ2n) is 8.80. The molecule has 4 aromatic rings. The van der Waals surface area contributed by atoms with Crippen molar-refractivity contribution in [3.63, 3.8) is 0 Å². The Kier molecular flexibility index (Phi) is 6.51. The van der Waals surface area contributed by atoms with Crippen molar-refractivity contribution in [3.05, 3.63) is 83.6 Å². The van der Waals surface area contributed by atoms with Gasteiger partial charge in [0.2, 0.25) is 0 Å². The van der Waals surface area contributed by atoms with Gasteiger partial charge in [0.05, 0.1) is 6.54 Å². The van der Waals surface area contributed by atoms with Crippen molar-refractivity contribution >= 4 is 15.7 Å². The van der Waals surface area contributed by atoms with E-state index in [-0.39, 0.29) is 36.6 Å². The van der Waals surface area contributed by atoms with Gasteiger partial charge in [-0.1, -0.05) is 19.1 Å². The van der Waals surface area contributed by atoms with Gasteiger partial charge in [-0.3, -0.25) is 9.78 Å². The summed E-state index contributed by atoms with van der Waals surface area (Å²) in [6.07, 6.45) is 6.31. The first kappa shape index (κ1) is 24.6.